The lowest BCUT2D eigenvalue weighted by atomic mass is 9.95. The first-order valence-corrected chi connectivity index (χ1v) is 6.06. The van der Waals surface area contributed by atoms with Gasteiger partial charge in [0.25, 0.3) is 0 Å². The van der Waals surface area contributed by atoms with Crippen molar-refractivity contribution in [1.29, 1.82) is 0 Å². The summed E-state index contributed by atoms with van der Waals surface area (Å²) >= 11 is 0. The molecule has 0 saturated carbocycles. The number of hydrogen-bond donors (Lipinski definition) is 2. The van der Waals surface area contributed by atoms with Crippen molar-refractivity contribution in [1.82, 2.24) is 5.32 Å². The normalized spacial score (nSPS) is 11.8. The molecule has 2 N–H and O–H groups in total. The lowest BCUT2D eigenvalue weighted by molar-refractivity contribution is -0.116. The minimum absolute atomic E-state index is 0.0506. The Morgan fingerprint density at radius 1 is 1.33 bits per heavy atom. The molecule has 0 spiro atoms. The van der Waals surface area contributed by atoms with Gasteiger partial charge in [-0.05, 0) is 18.6 Å². The molecule has 0 aliphatic heterocycles. The molecule has 18 heavy (non-hydrogen) atoms. The van der Waals surface area contributed by atoms with Gasteiger partial charge < -0.3 is 10.4 Å². The zero-order chi connectivity index (χ0) is 13.6. The average molecular weight is 247 g/mol. The maximum atomic E-state index is 11.6. The van der Waals surface area contributed by atoms with Crippen LogP contribution in [0.5, 0.6) is 0 Å². The van der Waals surface area contributed by atoms with Crippen molar-refractivity contribution >= 4 is 12.0 Å². The molecule has 1 aromatic carbocycles. The third-order valence-corrected chi connectivity index (χ3v) is 2.67. The quantitative estimate of drug-likeness (QED) is 0.783. The predicted molar refractivity (Wildman–Crippen MR) is 74.1 cm³/mol. The van der Waals surface area contributed by atoms with E-state index in [1.807, 2.05) is 45.0 Å². The number of hydrogen-bond acceptors (Lipinski definition) is 2. The number of aliphatic hydroxyl groups excluding tert-OH is 1. The van der Waals surface area contributed by atoms with Gasteiger partial charge in [-0.1, -0.05) is 43.7 Å². The van der Waals surface area contributed by atoms with Gasteiger partial charge in [-0.15, -0.1) is 0 Å². The molecule has 0 aromatic heterocycles. The van der Waals surface area contributed by atoms with Crippen LogP contribution in [0.3, 0.4) is 0 Å². The Bertz CT molecular complexity index is 419. The van der Waals surface area contributed by atoms with E-state index in [1.54, 1.807) is 6.08 Å². The van der Waals surface area contributed by atoms with Crippen LogP contribution in [-0.4, -0.2) is 24.2 Å². The second-order valence-electron chi connectivity index (χ2n) is 5.28. The molecule has 0 atom stereocenters. The number of aliphatic hydroxyl groups is 1. The van der Waals surface area contributed by atoms with Crippen LogP contribution in [0.4, 0.5) is 0 Å². The molecule has 0 heterocycles. The van der Waals surface area contributed by atoms with Crippen LogP contribution in [0, 0.1) is 12.3 Å². The lowest BCUT2D eigenvalue weighted by Gasteiger charge is -2.21. The fourth-order valence-corrected chi connectivity index (χ4v) is 1.29. The number of rotatable bonds is 5. The zero-order valence-electron chi connectivity index (χ0n) is 11.2. The van der Waals surface area contributed by atoms with Gasteiger partial charge in [0.05, 0.1) is 0 Å². The highest BCUT2D eigenvalue weighted by Gasteiger charge is 2.16. The van der Waals surface area contributed by atoms with Gasteiger partial charge in [-0.2, -0.15) is 0 Å². The number of aryl methyl sites for hydroxylation is 1. The SMILES string of the molecule is Cc1ccc(/C=C/C(=O)NCC(C)(C)CO)cc1. The number of benzene rings is 1. The summed E-state index contributed by atoms with van der Waals surface area (Å²) in [6.07, 6.45) is 3.29. The van der Waals surface area contributed by atoms with Crippen molar-refractivity contribution in [3.05, 3.63) is 41.5 Å². The number of amides is 1. The third kappa shape index (κ3) is 5.15. The summed E-state index contributed by atoms with van der Waals surface area (Å²) in [5.41, 5.74) is 1.91. The minimum Gasteiger partial charge on any atom is -0.396 e. The third-order valence-electron chi connectivity index (χ3n) is 2.67. The van der Waals surface area contributed by atoms with Gasteiger partial charge in [0.15, 0.2) is 0 Å². The van der Waals surface area contributed by atoms with E-state index in [1.165, 1.54) is 11.6 Å². The molecular weight excluding hydrogens is 226 g/mol. The van der Waals surface area contributed by atoms with Gasteiger partial charge in [-0.3, -0.25) is 4.79 Å². The molecule has 0 aliphatic carbocycles. The minimum atomic E-state index is -0.284. The fraction of sp³-hybridized carbons (Fsp3) is 0.400. The van der Waals surface area contributed by atoms with Crippen molar-refractivity contribution in [3.8, 4) is 0 Å². The van der Waals surface area contributed by atoms with Gasteiger partial charge >= 0.3 is 0 Å². The monoisotopic (exact) mass is 247 g/mol. The first-order chi connectivity index (χ1) is 8.43. The van der Waals surface area contributed by atoms with E-state index in [4.69, 9.17) is 5.11 Å². The maximum absolute atomic E-state index is 11.6. The van der Waals surface area contributed by atoms with Crippen molar-refractivity contribution in [2.75, 3.05) is 13.2 Å². The van der Waals surface area contributed by atoms with Crippen molar-refractivity contribution in [2.24, 2.45) is 5.41 Å². The maximum Gasteiger partial charge on any atom is 0.244 e. The summed E-state index contributed by atoms with van der Waals surface area (Å²) in [6, 6.07) is 7.95. The zero-order valence-corrected chi connectivity index (χ0v) is 11.2. The van der Waals surface area contributed by atoms with Crippen molar-refractivity contribution in [2.45, 2.75) is 20.8 Å². The van der Waals surface area contributed by atoms with Crippen LogP contribution in [0.25, 0.3) is 6.08 Å². The average Bonchev–Trinajstić information content (AvgIpc) is 2.36. The van der Waals surface area contributed by atoms with Crippen LogP contribution >= 0.6 is 0 Å². The molecule has 1 amide bonds. The Balaban J connectivity index is 2.47. The molecule has 1 aromatic rings. The van der Waals surface area contributed by atoms with E-state index >= 15 is 0 Å². The van der Waals surface area contributed by atoms with Crippen molar-refractivity contribution in [3.63, 3.8) is 0 Å². The van der Waals surface area contributed by atoms with E-state index in [0.717, 1.165) is 5.56 Å². The van der Waals surface area contributed by atoms with Gasteiger partial charge in [0.1, 0.15) is 0 Å². The highest BCUT2D eigenvalue weighted by Crippen LogP contribution is 2.11. The van der Waals surface area contributed by atoms with Crippen LogP contribution in [-0.2, 0) is 4.79 Å². The highest BCUT2D eigenvalue weighted by atomic mass is 16.3. The molecule has 3 nitrogen and oxygen atoms in total. The number of carbonyl (C=O) groups is 1. The summed E-state index contributed by atoms with van der Waals surface area (Å²) in [7, 11) is 0. The van der Waals surface area contributed by atoms with E-state index in [0.29, 0.717) is 6.54 Å². The Morgan fingerprint density at radius 3 is 2.50 bits per heavy atom. The molecule has 0 bridgehead atoms. The summed E-state index contributed by atoms with van der Waals surface area (Å²) in [6.45, 7) is 6.33. The molecule has 1 rings (SSSR count). The van der Waals surface area contributed by atoms with E-state index in [-0.39, 0.29) is 17.9 Å². The van der Waals surface area contributed by atoms with Crippen LogP contribution in [0.15, 0.2) is 30.3 Å². The van der Waals surface area contributed by atoms with E-state index in [9.17, 15) is 4.79 Å². The molecule has 0 unspecified atom stereocenters. The molecule has 0 radical (unpaired) electrons. The molecule has 0 aliphatic rings. The topological polar surface area (TPSA) is 49.3 Å². The van der Waals surface area contributed by atoms with Gasteiger partial charge in [0, 0.05) is 24.6 Å². The van der Waals surface area contributed by atoms with Crippen LogP contribution in [0.1, 0.15) is 25.0 Å². The standard InChI is InChI=1S/C15H21NO2/c1-12-4-6-13(7-5-12)8-9-14(18)16-10-15(2,3)11-17/h4-9,17H,10-11H2,1-3H3,(H,16,18)/b9-8+. The Labute approximate surface area is 109 Å². The van der Waals surface area contributed by atoms with Crippen LogP contribution < -0.4 is 5.32 Å². The molecule has 0 saturated heterocycles. The summed E-state index contributed by atoms with van der Waals surface area (Å²) in [4.78, 5) is 11.6. The summed E-state index contributed by atoms with van der Waals surface area (Å²) < 4.78 is 0. The summed E-state index contributed by atoms with van der Waals surface area (Å²) in [5.74, 6) is -0.142. The Morgan fingerprint density at radius 2 is 1.94 bits per heavy atom. The largest absolute Gasteiger partial charge is 0.396 e. The second-order valence-corrected chi connectivity index (χ2v) is 5.28. The lowest BCUT2D eigenvalue weighted by Crippen LogP contribution is -2.35. The van der Waals surface area contributed by atoms with E-state index in [2.05, 4.69) is 5.32 Å². The Kier molecular flexibility index (Phi) is 5.10. The summed E-state index contributed by atoms with van der Waals surface area (Å²) in [5, 5.41) is 11.8. The van der Waals surface area contributed by atoms with Crippen LogP contribution in [0.2, 0.25) is 0 Å². The number of carbonyl (C=O) groups excluding carboxylic acids is 1. The highest BCUT2D eigenvalue weighted by molar-refractivity contribution is 5.91. The molecule has 0 fully saturated rings. The number of nitrogens with one attached hydrogen (secondary N) is 1. The van der Waals surface area contributed by atoms with E-state index < -0.39 is 0 Å². The molecule has 3 heteroatoms. The molecular formula is C15H21NO2. The fourth-order valence-electron chi connectivity index (χ4n) is 1.29. The first kappa shape index (κ1) is 14.5. The first-order valence-electron chi connectivity index (χ1n) is 6.06. The smallest absolute Gasteiger partial charge is 0.244 e. The second kappa shape index (κ2) is 6.36. The van der Waals surface area contributed by atoms with Gasteiger partial charge in [-0.25, -0.2) is 0 Å². The Hall–Kier alpha value is -1.61. The predicted octanol–water partition coefficient (Wildman–Crippen LogP) is 2.14. The van der Waals surface area contributed by atoms with Gasteiger partial charge in [0.2, 0.25) is 5.91 Å². The van der Waals surface area contributed by atoms with Crippen molar-refractivity contribution < 1.29 is 9.90 Å². The molecule has 98 valence electrons.